The molecule has 0 unspecified atom stereocenters. The van der Waals surface area contributed by atoms with E-state index >= 15 is 0 Å². The van der Waals surface area contributed by atoms with Crippen molar-refractivity contribution >= 4 is 0 Å². The molecule has 0 aromatic rings. The molecule has 0 bridgehead atoms. The zero-order valence-electron chi connectivity index (χ0n) is 17.4. The van der Waals surface area contributed by atoms with Crippen molar-refractivity contribution in [2.75, 3.05) is 0 Å². The van der Waals surface area contributed by atoms with Gasteiger partial charge in [-0.2, -0.15) is 0 Å². The fourth-order valence-electron chi connectivity index (χ4n) is 8.02. The Bertz CT molecular complexity index is 636. The molecule has 1 nitrogen and oxygen atoms in total. The predicted molar refractivity (Wildman–Crippen MR) is 108 cm³/mol. The van der Waals surface area contributed by atoms with Gasteiger partial charge in [0.2, 0.25) is 0 Å². The molecule has 3 saturated carbocycles. The Morgan fingerprint density at radius 3 is 2.73 bits per heavy atom. The van der Waals surface area contributed by atoms with Crippen LogP contribution in [0.4, 0.5) is 0 Å². The number of aliphatic hydroxyl groups excluding tert-OH is 1. The van der Waals surface area contributed by atoms with E-state index in [1.807, 2.05) is 6.92 Å². The second-order valence-electron chi connectivity index (χ2n) is 10.5. The number of hydrogen-bond donors (Lipinski definition) is 1. The van der Waals surface area contributed by atoms with Crippen LogP contribution in [0, 0.1) is 52.3 Å². The summed E-state index contributed by atoms with van der Waals surface area (Å²) in [5, 5.41) is 10.2. The van der Waals surface area contributed by atoms with Gasteiger partial charge in [-0.3, -0.25) is 0 Å². The van der Waals surface area contributed by atoms with Gasteiger partial charge in [-0.15, -0.1) is 11.8 Å². The third-order valence-corrected chi connectivity index (χ3v) is 9.44. The molecule has 4 rings (SSSR count). The van der Waals surface area contributed by atoms with E-state index in [1.54, 1.807) is 5.57 Å². The van der Waals surface area contributed by atoms with Crippen molar-refractivity contribution in [2.45, 2.75) is 91.6 Å². The predicted octanol–water partition coefficient (Wildman–Crippen LogP) is 5.98. The van der Waals surface area contributed by atoms with Crippen molar-refractivity contribution in [1.82, 2.24) is 0 Å². The molecule has 0 aromatic heterocycles. The Hall–Kier alpha value is -0.740. The normalized spacial score (nSPS) is 48.3. The molecular formula is C25H38O. The molecule has 4 aliphatic carbocycles. The molecule has 0 amide bonds. The van der Waals surface area contributed by atoms with Gasteiger partial charge in [0.1, 0.15) is 0 Å². The summed E-state index contributed by atoms with van der Waals surface area (Å²) < 4.78 is 0. The summed E-state index contributed by atoms with van der Waals surface area (Å²) in [5.41, 5.74) is 2.51. The standard InChI is InChI=1S/C25H38O/c1-5-6-7-17(2)21-10-11-22-20-9-8-18-16-19(26)12-14-24(18,3)23(20)13-15-25(21,22)4/h8,17,19-23,26H,7,9-16H2,1-4H3/t17-,19+,20-,21-,22-,23-,24+,25-/m1/s1. The van der Waals surface area contributed by atoms with Crippen LogP contribution in [0.2, 0.25) is 0 Å². The van der Waals surface area contributed by atoms with Gasteiger partial charge in [0, 0.05) is 6.42 Å². The number of allylic oxidation sites excluding steroid dienone is 1. The van der Waals surface area contributed by atoms with Crippen molar-refractivity contribution in [1.29, 1.82) is 0 Å². The van der Waals surface area contributed by atoms with E-state index in [0.717, 1.165) is 48.9 Å². The SMILES string of the molecule is CC#CC[C@@H](C)[C@H]1CC[C@@H]2[C@H]3CC=C4C[C@@H](O)CC[C@]4(C)[C@@H]3CC[C@@]21C. The van der Waals surface area contributed by atoms with E-state index in [0.29, 0.717) is 10.8 Å². The fraction of sp³-hybridized carbons (Fsp3) is 0.840. The summed E-state index contributed by atoms with van der Waals surface area (Å²) in [7, 11) is 0. The van der Waals surface area contributed by atoms with Gasteiger partial charge in [-0.25, -0.2) is 0 Å². The first-order chi connectivity index (χ1) is 12.4. The summed E-state index contributed by atoms with van der Waals surface area (Å²) >= 11 is 0. The maximum Gasteiger partial charge on any atom is 0.0577 e. The zero-order valence-corrected chi connectivity index (χ0v) is 17.4. The molecule has 1 N–H and O–H groups in total. The average Bonchev–Trinajstić information content (AvgIpc) is 2.97. The Morgan fingerprint density at radius 1 is 1.15 bits per heavy atom. The minimum absolute atomic E-state index is 0.0869. The molecule has 26 heavy (non-hydrogen) atoms. The van der Waals surface area contributed by atoms with E-state index in [2.05, 4.69) is 38.7 Å². The molecule has 0 radical (unpaired) electrons. The lowest BCUT2D eigenvalue weighted by atomic mass is 9.47. The van der Waals surface area contributed by atoms with Crippen molar-refractivity contribution < 1.29 is 5.11 Å². The second-order valence-corrected chi connectivity index (χ2v) is 10.5. The maximum absolute atomic E-state index is 10.2. The molecule has 8 atom stereocenters. The molecule has 0 saturated heterocycles. The van der Waals surface area contributed by atoms with Crippen LogP contribution in [0.15, 0.2) is 11.6 Å². The van der Waals surface area contributed by atoms with Crippen molar-refractivity contribution in [2.24, 2.45) is 40.4 Å². The lowest BCUT2D eigenvalue weighted by Crippen LogP contribution is -2.50. The first-order valence-corrected chi connectivity index (χ1v) is 11.2. The molecule has 1 heteroatoms. The Labute approximate surface area is 161 Å². The molecule has 3 fully saturated rings. The smallest absolute Gasteiger partial charge is 0.0577 e. The minimum atomic E-state index is -0.0869. The average molecular weight is 355 g/mol. The zero-order chi connectivity index (χ0) is 18.5. The lowest BCUT2D eigenvalue weighted by molar-refractivity contribution is -0.0563. The summed E-state index contributed by atoms with van der Waals surface area (Å²) in [6.45, 7) is 9.60. The molecule has 0 aromatic carbocycles. The quantitative estimate of drug-likeness (QED) is 0.478. The summed E-state index contributed by atoms with van der Waals surface area (Å²) in [6, 6.07) is 0. The van der Waals surface area contributed by atoms with Crippen LogP contribution in [-0.2, 0) is 0 Å². The maximum atomic E-state index is 10.2. The highest BCUT2D eigenvalue weighted by atomic mass is 16.3. The number of rotatable bonds is 2. The summed E-state index contributed by atoms with van der Waals surface area (Å²) in [4.78, 5) is 0. The van der Waals surface area contributed by atoms with Crippen LogP contribution in [0.3, 0.4) is 0 Å². The monoisotopic (exact) mass is 354 g/mol. The highest BCUT2D eigenvalue weighted by Crippen LogP contribution is 2.67. The van der Waals surface area contributed by atoms with Gasteiger partial charge in [0.25, 0.3) is 0 Å². The Kier molecular flexibility index (Phi) is 4.80. The van der Waals surface area contributed by atoms with Gasteiger partial charge in [-0.05, 0) is 98.7 Å². The van der Waals surface area contributed by atoms with Gasteiger partial charge >= 0.3 is 0 Å². The number of aliphatic hydroxyl groups is 1. The van der Waals surface area contributed by atoms with Crippen LogP contribution in [0.25, 0.3) is 0 Å². The van der Waals surface area contributed by atoms with Crippen molar-refractivity contribution in [3.8, 4) is 11.8 Å². The largest absolute Gasteiger partial charge is 0.393 e. The third kappa shape index (κ3) is 2.71. The molecule has 0 aliphatic heterocycles. The lowest BCUT2D eigenvalue weighted by Gasteiger charge is -2.58. The second kappa shape index (κ2) is 6.70. The van der Waals surface area contributed by atoms with Gasteiger partial charge < -0.3 is 5.11 Å². The highest BCUT2D eigenvalue weighted by molar-refractivity contribution is 5.25. The van der Waals surface area contributed by atoms with Gasteiger partial charge in [-0.1, -0.05) is 32.4 Å². The van der Waals surface area contributed by atoms with E-state index < -0.39 is 0 Å². The molecule has 0 heterocycles. The van der Waals surface area contributed by atoms with E-state index in [9.17, 15) is 5.11 Å². The van der Waals surface area contributed by atoms with Crippen molar-refractivity contribution in [3.05, 3.63) is 11.6 Å². The van der Waals surface area contributed by atoms with Crippen LogP contribution >= 0.6 is 0 Å². The highest BCUT2D eigenvalue weighted by Gasteiger charge is 2.59. The summed E-state index contributed by atoms with van der Waals surface area (Å²) in [6.07, 6.45) is 13.7. The molecule has 0 spiro atoms. The topological polar surface area (TPSA) is 20.2 Å². The van der Waals surface area contributed by atoms with E-state index in [1.165, 1.54) is 38.5 Å². The van der Waals surface area contributed by atoms with E-state index in [-0.39, 0.29) is 6.10 Å². The minimum Gasteiger partial charge on any atom is -0.393 e. The number of hydrogen-bond acceptors (Lipinski definition) is 1. The third-order valence-electron chi connectivity index (χ3n) is 9.44. The van der Waals surface area contributed by atoms with Gasteiger partial charge in [0.05, 0.1) is 6.10 Å². The van der Waals surface area contributed by atoms with Crippen LogP contribution in [0.1, 0.15) is 85.5 Å². The van der Waals surface area contributed by atoms with Crippen LogP contribution < -0.4 is 0 Å². The molecule has 4 aliphatic rings. The molecule has 144 valence electrons. The Morgan fingerprint density at radius 2 is 1.96 bits per heavy atom. The Balaban J connectivity index is 1.58. The first kappa shape index (κ1) is 18.6. The summed E-state index contributed by atoms with van der Waals surface area (Å²) in [5.74, 6) is 10.7. The molecular weight excluding hydrogens is 316 g/mol. The van der Waals surface area contributed by atoms with Crippen LogP contribution in [-0.4, -0.2) is 11.2 Å². The fourth-order valence-corrected chi connectivity index (χ4v) is 8.02. The van der Waals surface area contributed by atoms with Crippen molar-refractivity contribution in [3.63, 3.8) is 0 Å². The first-order valence-electron chi connectivity index (χ1n) is 11.2. The van der Waals surface area contributed by atoms with Gasteiger partial charge in [0.15, 0.2) is 0 Å². The van der Waals surface area contributed by atoms with Crippen LogP contribution in [0.5, 0.6) is 0 Å². The van der Waals surface area contributed by atoms with E-state index in [4.69, 9.17) is 0 Å². The number of fused-ring (bicyclic) bond motifs is 5.